The molecular weight excluding hydrogens is 717 g/mol. The predicted molar refractivity (Wildman–Crippen MR) is 117 cm³/mol. The number of benzene rings is 4. The summed E-state index contributed by atoms with van der Waals surface area (Å²) in [7, 11) is 0. The Morgan fingerprint density at radius 2 is 0.825 bits per heavy atom. The van der Waals surface area contributed by atoms with Gasteiger partial charge in [0, 0.05) is 22.3 Å². The quantitative estimate of drug-likeness (QED) is 0.273. The van der Waals surface area contributed by atoms with Gasteiger partial charge in [-0.1, -0.05) is 84.9 Å². The summed E-state index contributed by atoms with van der Waals surface area (Å²) in [6.45, 7) is 0. The number of carbonyl (C=O) groups excluding carboxylic acids is 2. The maximum atomic E-state index is 10.7. The van der Waals surface area contributed by atoms with Crippen LogP contribution in [0.25, 0.3) is 22.3 Å². The molecule has 2 N–H and O–H groups in total. The molecule has 4 aromatic rings. The Morgan fingerprint density at radius 3 is 1.07 bits per heavy atom. The van der Waals surface area contributed by atoms with Crippen LogP contribution in [0, 0.1) is 0 Å². The van der Waals surface area contributed by atoms with E-state index in [2.05, 4.69) is 0 Å². The van der Waals surface area contributed by atoms with E-state index < -0.39 is 25.6 Å². The second-order valence-electron chi connectivity index (χ2n) is 7.12. The van der Waals surface area contributed by atoms with Gasteiger partial charge in [0.1, 0.15) is 11.5 Å². The summed E-state index contributed by atoms with van der Waals surface area (Å²) in [5.74, 6) is -3.27. The van der Waals surface area contributed by atoms with Crippen molar-refractivity contribution in [2.45, 2.75) is 0 Å². The van der Waals surface area contributed by atoms with Gasteiger partial charge in [0.25, 0.3) is 0 Å². The SMILES string of the molecule is O=C([O-])c1cccc(-c2ccccc2)c1O.O=C([O-])c1cccc(-c2ccccc2)c1O.[Cu+2].[Cu+2].[O]=[Cr](=[O])([O-])[O-].[Zn+2]. The molecular formula is C26H18CrCu2O10Zn+2. The first-order valence-corrected chi connectivity index (χ1v) is 12.3. The number of carboxylic acids is 2. The Bertz CT molecular complexity index is 1380. The number of aromatic hydroxyl groups is 2. The number of rotatable bonds is 4. The largest absolute Gasteiger partial charge is 2.00 e. The van der Waals surface area contributed by atoms with E-state index in [0.717, 1.165) is 11.1 Å². The third-order valence-electron chi connectivity index (χ3n) is 4.68. The van der Waals surface area contributed by atoms with Gasteiger partial charge in [0.05, 0.1) is 11.9 Å². The molecule has 0 heterocycles. The molecule has 0 bridgehead atoms. The van der Waals surface area contributed by atoms with Crippen LogP contribution in [-0.4, -0.2) is 22.2 Å². The molecule has 4 aromatic carbocycles. The van der Waals surface area contributed by atoms with Crippen molar-refractivity contribution in [2.24, 2.45) is 0 Å². The molecule has 0 unspecified atom stereocenters. The van der Waals surface area contributed by atoms with Crippen molar-refractivity contribution in [1.29, 1.82) is 0 Å². The smallest absolute Gasteiger partial charge is 2.00 e. The van der Waals surface area contributed by atoms with E-state index in [9.17, 15) is 30.0 Å². The van der Waals surface area contributed by atoms with Crippen LogP contribution >= 0.6 is 0 Å². The standard InChI is InChI=1S/2C13H10O3.Cr.2Cu.4O.Zn/c2*14-12-10(9-5-2-1-3-6-9)7-4-8-11(12)13(15)16;;;;;;;;/h2*1-8,14H,(H,15,16);;;;;;;;/q;;;2*+2;;;2*-1;+2/p-2. The van der Waals surface area contributed by atoms with Crippen LogP contribution in [0.2, 0.25) is 0 Å². The average molecular weight is 735 g/mol. The minimum absolute atomic E-state index is 0. The van der Waals surface area contributed by atoms with Crippen molar-refractivity contribution in [3.8, 4) is 33.8 Å². The van der Waals surface area contributed by atoms with Gasteiger partial charge in [-0.05, 0) is 23.3 Å². The number of carboxylic acid groups (broad SMARTS) is 2. The predicted octanol–water partition coefficient (Wildman–Crippen LogP) is 0.220. The van der Waals surface area contributed by atoms with E-state index in [1.54, 1.807) is 48.5 Å². The minimum Gasteiger partial charge on any atom is 2.00 e. The summed E-state index contributed by atoms with van der Waals surface area (Å²) in [6, 6.07) is 27.3. The molecule has 2 radical (unpaired) electrons. The third-order valence-corrected chi connectivity index (χ3v) is 4.68. The molecule has 10 nitrogen and oxygen atoms in total. The van der Waals surface area contributed by atoms with Gasteiger partial charge in [-0.15, -0.1) is 0 Å². The van der Waals surface area contributed by atoms with E-state index in [1.165, 1.54) is 12.1 Å². The summed E-state index contributed by atoms with van der Waals surface area (Å²) in [6.07, 6.45) is 0. The first kappa shape index (κ1) is 39.3. The molecule has 0 amide bonds. The molecule has 4 rings (SSSR count). The molecule has 40 heavy (non-hydrogen) atoms. The summed E-state index contributed by atoms with van der Waals surface area (Å²) in [5, 5.41) is 41.1. The van der Waals surface area contributed by atoms with Crippen LogP contribution < -0.4 is 18.5 Å². The van der Waals surface area contributed by atoms with Crippen LogP contribution in [0.1, 0.15) is 20.7 Å². The molecule has 0 aliphatic rings. The van der Waals surface area contributed by atoms with Gasteiger partial charge >= 0.3 is 83.2 Å². The Morgan fingerprint density at radius 1 is 0.550 bits per heavy atom. The van der Waals surface area contributed by atoms with E-state index in [-0.39, 0.29) is 76.2 Å². The molecule has 0 aliphatic carbocycles. The number of hydrogen-bond donors (Lipinski definition) is 2. The second kappa shape index (κ2) is 18.5. The maximum Gasteiger partial charge on any atom is 2.00 e. The first-order chi connectivity index (χ1) is 17.4. The minimum atomic E-state index is -5.75. The van der Waals surface area contributed by atoms with Gasteiger partial charge in [-0.25, -0.2) is 0 Å². The van der Waals surface area contributed by atoms with Gasteiger partial charge in [0.2, 0.25) is 0 Å². The van der Waals surface area contributed by atoms with E-state index in [4.69, 9.17) is 15.9 Å². The fourth-order valence-corrected chi connectivity index (χ4v) is 3.12. The monoisotopic (exact) mass is 732 g/mol. The van der Waals surface area contributed by atoms with E-state index in [0.29, 0.717) is 11.1 Å². The van der Waals surface area contributed by atoms with Crippen molar-refractivity contribution in [3.63, 3.8) is 0 Å². The zero-order chi connectivity index (χ0) is 27.6. The normalized spacial score (nSPS) is 9.45. The molecule has 0 saturated carbocycles. The Labute approximate surface area is 265 Å². The van der Waals surface area contributed by atoms with Crippen LogP contribution in [0.15, 0.2) is 97.1 Å². The Balaban J connectivity index is 0. The van der Waals surface area contributed by atoms with Gasteiger partial charge < -0.3 is 30.0 Å². The molecule has 0 fully saturated rings. The number of carbonyl (C=O) groups is 2. The van der Waals surface area contributed by atoms with Gasteiger partial charge in [0.15, 0.2) is 0 Å². The van der Waals surface area contributed by atoms with Crippen molar-refractivity contribution >= 4 is 11.9 Å². The molecule has 0 aromatic heterocycles. The summed E-state index contributed by atoms with van der Waals surface area (Å²) in [4.78, 5) is 21.5. The third kappa shape index (κ3) is 12.5. The number of aromatic carboxylic acids is 2. The fraction of sp³-hybridized carbons (Fsp3) is 0. The average Bonchev–Trinajstić information content (AvgIpc) is 2.84. The van der Waals surface area contributed by atoms with Gasteiger partial charge in [-0.2, -0.15) is 0 Å². The van der Waals surface area contributed by atoms with Crippen LogP contribution in [0.3, 0.4) is 0 Å². The number of phenols is 2. The molecule has 14 heteroatoms. The van der Waals surface area contributed by atoms with Crippen molar-refractivity contribution in [1.82, 2.24) is 0 Å². The van der Waals surface area contributed by atoms with E-state index >= 15 is 0 Å². The van der Waals surface area contributed by atoms with Crippen LogP contribution in [0.5, 0.6) is 11.5 Å². The van der Waals surface area contributed by atoms with Gasteiger partial charge in [-0.3, -0.25) is 0 Å². The summed E-state index contributed by atoms with van der Waals surface area (Å²) in [5.41, 5.74) is 2.12. The zero-order valence-corrected chi connectivity index (χ0v) is 26.2. The number of para-hydroxylation sites is 2. The summed E-state index contributed by atoms with van der Waals surface area (Å²) >= 11 is -5.75. The van der Waals surface area contributed by atoms with Crippen LogP contribution in [0.4, 0.5) is 0 Å². The Kier molecular flexibility index (Phi) is 18.1. The fourth-order valence-electron chi connectivity index (χ4n) is 3.12. The van der Waals surface area contributed by atoms with Crippen molar-refractivity contribution in [3.05, 3.63) is 108 Å². The molecule has 210 valence electrons. The Hall–Kier alpha value is -2.87. The van der Waals surface area contributed by atoms with Crippen molar-refractivity contribution < 1.29 is 113 Å². The summed E-state index contributed by atoms with van der Waals surface area (Å²) < 4.78 is 34.4. The molecule has 0 aliphatic heterocycles. The molecule has 0 spiro atoms. The maximum absolute atomic E-state index is 10.7. The number of hydrogen-bond acceptors (Lipinski definition) is 10. The molecule has 0 saturated heterocycles. The van der Waals surface area contributed by atoms with Crippen molar-refractivity contribution in [2.75, 3.05) is 0 Å². The second-order valence-corrected chi connectivity index (χ2v) is 8.39. The first-order valence-electron chi connectivity index (χ1n) is 10.2. The zero-order valence-electron chi connectivity index (χ0n) is 20.1. The topological polar surface area (TPSA) is 201 Å². The molecule has 0 atom stereocenters. The van der Waals surface area contributed by atoms with Crippen LogP contribution in [-0.2, 0) is 74.8 Å². The van der Waals surface area contributed by atoms with E-state index in [1.807, 2.05) is 36.4 Å².